The number of amides is 2. The summed E-state index contributed by atoms with van der Waals surface area (Å²) in [4.78, 5) is 25.6. The number of hydrogen-bond donors (Lipinski definition) is 1. The van der Waals surface area contributed by atoms with Crippen LogP contribution in [-0.2, 0) is 4.79 Å². The lowest BCUT2D eigenvalue weighted by molar-refractivity contribution is -0.129. The van der Waals surface area contributed by atoms with E-state index in [1.54, 1.807) is 43.4 Å². The molecule has 0 aliphatic heterocycles. The zero-order valence-corrected chi connectivity index (χ0v) is 15.4. The normalized spacial score (nSPS) is 10.2. The van der Waals surface area contributed by atoms with Gasteiger partial charge in [-0.1, -0.05) is 12.1 Å². The van der Waals surface area contributed by atoms with Gasteiger partial charge in [0.15, 0.2) is 11.6 Å². The third-order valence-electron chi connectivity index (χ3n) is 3.77. The second kappa shape index (κ2) is 10.2. The first-order valence-electron chi connectivity index (χ1n) is 8.63. The van der Waals surface area contributed by atoms with Crippen molar-refractivity contribution in [2.75, 3.05) is 33.4 Å². The van der Waals surface area contributed by atoms with Gasteiger partial charge >= 0.3 is 0 Å². The van der Waals surface area contributed by atoms with Gasteiger partial charge in [-0.25, -0.2) is 4.39 Å². The predicted molar refractivity (Wildman–Crippen MR) is 99.5 cm³/mol. The predicted octanol–water partition coefficient (Wildman–Crippen LogP) is 2.49. The summed E-state index contributed by atoms with van der Waals surface area (Å²) >= 11 is 0. The summed E-state index contributed by atoms with van der Waals surface area (Å²) < 4.78 is 24.1. The maximum absolute atomic E-state index is 13.5. The van der Waals surface area contributed by atoms with Crippen LogP contribution in [0.5, 0.6) is 11.5 Å². The van der Waals surface area contributed by atoms with Crippen molar-refractivity contribution in [1.82, 2.24) is 10.2 Å². The van der Waals surface area contributed by atoms with Crippen LogP contribution in [0.4, 0.5) is 4.39 Å². The Morgan fingerprint density at radius 3 is 2.44 bits per heavy atom. The van der Waals surface area contributed by atoms with Crippen LogP contribution in [0.3, 0.4) is 0 Å². The number of benzene rings is 2. The molecule has 0 fully saturated rings. The average molecular weight is 374 g/mol. The molecule has 144 valence electrons. The first kappa shape index (κ1) is 20.2. The molecule has 2 aromatic carbocycles. The molecular weight excluding hydrogens is 351 g/mol. The number of carbonyl (C=O) groups is 2. The molecule has 2 amide bonds. The number of halogens is 1. The smallest absolute Gasteiger partial charge is 0.251 e. The Morgan fingerprint density at radius 2 is 1.78 bits per heavy atom. The summed E-state index contributed by atoms with van der Waals surface area (Å²) in [6.07, 6.45) is 0. The van der Waals surface area contributed by atoms with E-state index in [0.717, 1.165) is 0 Å². The fourth-order valence-corrected chi connectivity index (χ4v) is 2.24. The number of hydrogen-bond acceptors (Lipinski definition) is 4. The van der Waals surface area contributed by atoms with E-state index < -0.39 is 5.82 Å². The van der Waals surface area contributed by atoms with Crippen molar-refractivity contribution in [3.05, 3.63) is 59.9 Å². The van der Waals surface area contributed by atoms with Gasteiger partial charge in [0, 0.05) is 12.6 Å². The van der Waals surface area contributed by atoms with Gasteiger partial charge in [-0.15, -0.1) is 0 Å². The minimum atomic E-state index is -0.450. The maximum Gasteiger partial charge on any atom is 0.251 e. The number of nitrogens with zero attached hydrogens (tertiary/aromatic N) is 1. The van der Waals surface area contributed by atoms with E-state index in [9.17, 15) is 14.0 Å². The molecule has 0 radical (unpaired) electrons. The molecule has 1 N–H and O–H groups in total. The molecule has 0 bridgehead atoms. The Bertz CT molecular complexity index is 765. The van der Waals surface area contributed by atoms with Gasteiger partial charge in [0.2, 0.25) is 5.91 Å². The van der Waals surface area contributed by atoms with Crippen molar-refractivity contribution in [3.8, 4) is 11.5 Å². The summed E-state index contributed by atoms with van der Waals surface area (Å²) in [6, 6.07) is 12.7. The highest BCUT2D eigenvalue weighted by Crippen LogP contribution is 2.15. The quantitative estimate of drug-likeness (QED) is 0.732. The van der Waals surface area contributed by atoms with Gasteiger partial charge in [0.05, 0.1) is 19.7 Å². The fraction of sp³-hybridized carbons (Fsp3) is 0.300. The van der Waals surface area contributed by atoms with Crippen LogP contribution in [0.15, 0.2) is 48.5 Å². The largest absolute Gasteiger partial charge is 0.494 e. The molecule has 2 rings (SSSR count). The standard InChI is InChI=1S/C20H23FN2O4/c1-3-26-16-10-8-15(9-11-16)20(25)22-14-19(24)23(2)12-13-27-18-7-5-4-6-17(18)21/h4-11H,3,12-14H2,1-2H3,(H,22,25). The Hall–Kier alpha value is -3.09. The first-order chi connectivity index (χ1) is 13.0. The number of para-hydroxylation sites is 1. The highest BCUT2D eigenvalue weighted by molar-refractivity contribution is 5.96. The molecule has 0 saturated heterocycles. The maximum atomic E-state index is 13.5. The molecule has 0 aliphatic carbocycles. The van der Waals surface area contributed by atoms with Gasteiger partial charge in [-0.3, -0.25) is 9.59 Å². The Labute approximate surface area is 157 Å². The van der Waals surface area contributed by atoms with Crippen LogP contribution in [-0.4, -0.2) is 50.1 Å². The molecule has 2 aromatic rings. The lowest BCUT2D eigenvalue weighted by Crippen LogP contribution is -2.39. The van der Waals surface area contributed by atoms with Crippen LogP contribution >= 0.6 is 0 Å². The van der Waals surface area contributed by atoms with Crippen LogP contribution < -0.4 is 14.8 Å². The summed E-state index contributed by atoms with van der Waals surface area (Å²) in [5.74, 6) is -0.246. The molecule has 6 nitrogen and oxygen atoms in total. The van der Waals surface area contributed by atoms with Crippen LogP contribution in [0, 0.1) is 5.82 Å². The zero-order chi connectivity index (χ0) is 19.6. The van der Waals surface area contributed by atoms with E-state index in [2.05, 4.69) is 5.32 Å². The molecule has 7 heteroatoms. The molecule has 0 aliphatic rings. The number of ether oxygens (including phenoxy) is 2. The topological polar surface area (TPSA) is 67.9 Å². The molecule has 0 heterocycles. The SMILES string of the molecule is CCOc1ccc(C(=O)NCC(=O)N(C)CCOc2ccccc2F)cc1. The average Bonchev–Trinajstić information content (AvgIpc) is 2.68. The van der Waals surface area contributed by atoms with E-state index in [4.69, 9.17) is 9.47 Å². The second-order valence-electron chi connectivity index (χ2n) is 5.73. The molecular formula is C20H23FN2O4. The van der Waals surface area contributed by atoms with Gasteiger partial charge in [0.1, 0.15) is 12.4 Å². The minimum absolute atomic E-state index is 0.137. The van der Waals surface area contributed by atoms with Crippen LogP contribution in [0.25, 0.3) is 0 Å². The van der Waals surface area contributed by atoms with Crippen molar-refractivity contribution < 1.29 is 23.5 Å². The minimum Gasteiger partial charge on any atom is -0.494 e. The third-order valence-corrected chi connectivity index (χ3v) is 3.77. The van der Waals surface area contributed by atoms with Gasteiger partial charge in [0.25, 0.3) is 5.91 Å². The van der Waals surface area contributed by atoms with Gasteiger partial charge in [-0.05, 0) is 43.3 Å². The Balaban J connectivity index is 1.73. The summed E-state index contributed by atoms with van der Waals surface area (Å²) in [6.45, 7) is 2.71. The van der Waals surface area contributed by atoms with Gasteiger partial charge in [-0.2, -0.15) is 0 Å². The zero-order valence-electron chi connectivity index (χ0n) is 15.4. The number of nitrogens with one attached hydrogen (secondary N) is 1. The summed E-state index contributed by atoms with van der Waals surface area (Å²) in [5, 5.41) is 2.58. The van der Waals surface area contributed by atoms with Crippen LogP contribution in [0.2, 0.25) is 0 Å². The van der Waals surface area contributed by atoms with Crippen molar-refractivity contribution >= 4 is 11.8 Å². The molecule has 0 spiro atoms. The number of rotatable bonds is 9. The van der Waals surface area contributed by atoms with E-state index in [1.165, 1.54) is 17.0 Å². The molecule has 0 aromatic heterocycles. The first-order valence-corrected chi connectivity index (χ1v) is 8.63. The van der Waals surface area contributed by atoms with E-state index in [-0.39, 0.29) is 37.3 Å². The highest BCUT2D eigenvalue weighted by atomic mass is 19.1. The van der Waals surface area contributed by atoms with Crippen molar-refractivity contribution in [1.29, 1.82) is 0 Å². The number of likely N-dealkylation sites (N-methyl/N-ethyl adjacent to an activating group) is 1. The van der Waals surface area contributed by atoms with Crippen molar-refractivity contribution in [2.45, 2.75) is 6.92 Å². The van der Waals surface area contributed by atoms with Crippen LogP contribution in [0.1, 0.15) is 17.3 Å². The number of carbonyl (C=O) groups excluding carboxylic acids is 2. The monoisotopic (exact) mass is 374 g/mol. The molecule has 0 atom stereocenters. The van der Waals surface area contributed by atoms with E-state index in [1.807, 2.05) is 6.92 Å². The Kier molecular flexibility index (Phi) is 7.61. The molecule has 27 heavy (non-hydrogen) atoms. The lowest BCUT2D eigenvalue weighted by atomic mass is 10.2. The van der Waals surface area contributed by atoms with Crippen molar-refractivity contribution in [3.63, 3.8) is 0 Å². The lowest BCUT2D eigenvalue weighted by Gasteiger charge is -2.18. The van der Waals surface area contributed by atoms with Crippen molar-refractivity contribution in [2.24, 2.45) is 0 Å². The fourth-order valence-electron chi connectivity index (χ4n) is 2.24. The summed E-state index contributed by atoms with van der Waals surface area (Å²) in [5.41, 5.74) is 0.441. The summed E-state index contributed by atoms with van der Waals surface area (Å²) in [7, 11) is 1.59. The van der Waals surface area contributed by atoms with E-state index >= 15 is 0 Å². The van der Waals surface area contributed by atoms with Gasteiger partial charge < -0.3 is 19.7 Å². The molecule has 0 unspecified atom stereocenters. The third kappa shape index (κ3) is 6.29. The second-order valence-corrected chi connectivity index (χ2v) is 5.73. The Morgan fingerprint density at radius 1 is 1.07 bits per heavy atom. The highest BCUT2D eigenvalue weighted by Gasteiger charge is 2.12. The molecule has 0 saturated carbocycles. The van der Waals surface area contributed by atoms with E-state index in [0.29, 0.717) is 17.9 Å².